The molecule has 1 aromatic heterocycles. The zero-order valence-corrected chi connectivity index (χ0v) is 17.1. The molecule has 1 fully saturated rings. The van der Waals surface area contributed by atoms with Crippen LogP contribution in [0.2, 0.25) is 0 Å². The molecule has 1 heterocycles. The van der Waals surface area contributed by atoms with E-state index in [9.17, 15) is 13.5 Å². The molecule has 1 aromatic carbocycles. The lowest BCUT2D eigenvalue weighted by atomic mass is 9.96. The lowest BCUT2D eigenvalue weighted by Crippen LogP contribution is -2.38. The maximum atomic E-state index is 12.8. The number of thioether (sulfide) groups is 1. The van der Waals surface area contributed by atoms with E-state index >= 15 is 0 Å². The summed E-state index contributed by atoms with van der Waals surface area (Å²) in [5, 5.41) is 10.9. The third-order valence-corrected chi connectivity index (χ3v) is 7.96. The van der Waals surface area contributed by atoms with Crippen molar-refractivity contribution in [2.75, 3.05) is 12.8 Å². The van der Waals surface area contributed by atoms with E-state index in [4.69, 9.17) is 0 Å². The molecule has 0 bridgehead atoms. The Labute approximate surface area is 165 Å². The summed E-state index contributed by atoms with van der Waals surface area (Å²) in [6.07, 6.45) is 6.05. The molecule has 0 unspecified atom stereocenters. The first kappa shape index (κ1) is 20.3. The first-order chi connectivity index (χ1) is 13.0. The fraction of sp³-hybridized carbons (Fsp3) is 0.450. The van der Waals surface area contributed by atoms with E-state index in [1.807, 2.05) is 30.3 Å². The minimum Gasteiger partial charge on any atom is -0.388 e. The average Bonchev–Trinajstić information content (AvgIpc) is 2.73. The monoisotopic (exact) mass is 406 g/mol. The van der Waals surface area contributed by atoms with Crippen LogP contribution < -0.4 is 0 Å². The number of sulfonamides is 1. The van der Waals surface area contributed by atoms with Crippen molar-refractivity contribution in [2.24, 2.45) is 0 Å². The minimum atomic E-state index is -3.52. The van der Waals surface area contributed by atoms with Gasteiger partial charge in [-0.2, -0.15) is 4.31 Å². The molecule has 146 valence electrons. The molecule has 1 N–H and O–H groups in total. The van der Waals surface area contributed by atoms with Gasteiger partial charge in [0.2, 0.25) is 10.0 Å². The second-order valence-corrected chi connectivity index (χ2v) is 9.92. The highest BCUT2D eigenvalue weighted by Gasteiger charge is 2.29. The van der Waals surface area contributed by atoms with E-state index in [1.54, 1.807) is 19.2 Å². The number of nitrogens with zero attached hydrogens (tertiary/aromatic N) is 2. The maximum Gasteiger partial charge on any atom is 0.244 e. The molecule has 27 heavy (non-hydrogen) atoms. The normalized spacial score (nSPS) is 17.1. The number of pyridine rings is 1. The number of aliphatic hydroxyl groups is 1. The molecule has 1 atom stereocenters. The fourth-order valence-electron chi connectivity index (χ4n) is 3.35. The number of hydrogen-bond acceptors (Lipinski definition) is 5. The topological polar surface area (TPSA) is 70.5 Å². The van der Waals surface area contributed by atoms with Gasteiger partial charge in [0.1, 0.15) is 4.90 Å². The number of aliphatic hydroxyl groups excluding tert-OH is 1. The highest BCUT2D eigenvalue weighted by molar-refractivity contribution is 7.99. The van der Waals surface area contributed by atoms with E-state index in [0.29, 0.717) is 10.8 Å². The average molecular weight is 407 g/mol. The second-order valence-electron chi connectivity index (χ2n) is 6.88. The van der Waals surface area contributed by atoms with Crippen LogP contribution in [0.15, 0.2) is 58.6 Å². The van der Waals surface area contributed by atoms with Gasteiger partial charge in [0, 0.05) is 25.0 Å². The molecule has 0 amide bonds. The molecule has 0 spiro atoms. The van der Waals surface area contributed by atoms with Crippen molar-refractivity contribution in [3.63, 3.8) is 0 Å². The lowest BCUT2D eigenvalue weighted by Gasteiger charge is -2.30. The Morgan fingerprint density at radius 3 is 2.48 bits per heavy atom. The van der Waals surface area contributed by atoms with Crippen LogP contribution in [0.4, 0.5) is 0 Å². The van der Waals surface area contributed by atoms with Gasteiger partial charge in [-0.15, -0.1) is 11.8 Å². The quantitative estimate of drug-likeness (QED) is 0.707. The van der Waals surface area contributed by atoms with Crippen LogP contribution in [0, 0.1) is 0 Å². The first-order valence-corrected chi connectivity index (χ1v) is 11.7. The highest BCUT2D eigenvalue weighted by Crippen LogP contribution is 2.28. The summed E-state index contributed by atoms with van der Waals surface area (Å²) in [5.74, 6) is 0.463. The van der Waals surface area contributed by atoms with E-state index in [-0.39, 0.29) is 10.9 Å². The van der Waals surface area contributed by atoms with Gasteiger partial charge in [-0.1, -0.05) is 49.6 Å². The van der Waals surface area contributed by atoms with Crippen LogP contribution in [0.3, 0.4) is 0 Å². The van der Waals surface area contributed by atoms with Crippen molar-refractivity contribution in [1.82, 2.24) is 9.29 Å². The van der Waals surface area contributed by atoms with E-state index < -0.39 is 16.1 Å². The predicted molar refractivity (Wildman–Crippen MR) is 108 cm³/mol. The Morgan fingerprint density at radius 1 is 1.15 bits per heavy atom. The molecule has 0 radical (unpaired) electrons. The summed E-state index contributed by atoms with van der Waals surface area (Å²) in [5.41, 5.74) is 0.860. The van der Waals surface area contributed by atoms with Crippen LogP contribution in [-0.2, 0) is 10.0 Å². The van der Waals surface area contributed by atoms with Gasteiger partial charge >= 0.3 is 0 Å². The third-order valence-electron chi connectivity index (χ3n) is 5.05. The smallest absolute Gasteiger partial charge is 0.244 e. The summed E-state index contributed by atoms with van der Waals surface area (Å²) in [6.45, 7) is 0. The maximum absolute atomic E-state index is 12.8. The molecular formula is C20H26N2O3S2. The minimum absolute atomic E-state index is 0.0822. The second kappa shape index (κ2) is 9.19. The van der Waals surface area contributed by atoms with Crippen molar-refractivity contribution < 1.29 is 13.5 Å². The third kappa shape index (κ3) is 5.10. The standard InChI is InChI=1S/C20H26N2O3S2/c1-22(17-10-6-3-7-11-17)27(24,25)18-12-13-20(21-14-18)26-15-19(23)16-8-4-2-5-9-16/h2,4-5,8-9,12-14,17,19,23H,3,6-7,10-11,15H2,1H3/t19-/m0/s1. The van der Waals surface area contributed by atoms with E-state index in [0.717, 1.165) is 31.2 Å². The molecule has 2 aromatic rings. The van der Waals surface area contributed by atoms with Crippen molar-refractivity contribution in [3.8, 4) is 0 Å². The van der Waals surface area contributed by atoms with Crippen LogP contribution in [-0.4, -0.2) is 41.7 Å². The molecular weight excluding hydrogens is 380 g/mol. The summed E-state index contributed by atoms with van der Waals surface area (Å²) in [6, 6.07) is 12.9. The van der Waals surface area contributed by atoms with Gasteiger partial charge in [-0.25, -0.2) is 13.4 Å². The van der Waals surface area contributed by atoms with Crippen LogP contribution in [0.5, 0.6) is 0 Å². The Kier molecular flexibility index (Phi) is 6.92. The van der Waals surface area contributed by atoms with E-state index in [2.05, 4.69) is 4.98 Å². The van der Waals surface area contributed by atoms with Crippen molar-refractivity contribution in [3.05, 3.63) is 54.2 Å². The molecule has 1 aliphatic carbocycles. The SMILES string of the molecule is CN(C1CCCCC1)S(=O)(=O)c1ccc(SC[C@H](O)c2ccccc2)nc1. The number of hydrogen-bond donors (Lipinski definition) is 1. The fourth-order valence-corrected chi connectivity index (χ4v) is 5.52. The van der Waals surface area contributed by atoms with Crippen molar-refractivity contribution in [2.45, 2.75) is 54.2 Å². The summed E-state index contributed by atoms with van der Waals surface area (Å²) in [4.78, 5) is 4.51. The zero-order chi connectivity index (χ0) is 19.3. The molecule has 5 nitrogen and oxygen atoms in total. The Hall–Kier alpha value is -1.41. The summed E-state index contributed by atoms with van der Waals surface area (Å²) in [7, 11) is -1.85. The van der Waals surface area contributed by atoms with Gasteiger partial charge in [-0.3, -0.25) is 0 Å². The Balaban J connectivity index is 1.62. The lowest BCUT2D eigenvalue weighted by molar-refractivity contribution is 0.204. The van der Waals surface area contributed by atoms with Crippen LogP contribution >= 0.6 is 11.8 Å². The molecule has 3 rings (SSSR count). The number of aromatic nitrogens is 1. The summed E-state index contributed by atoms with van der Waals surface area (Å²) >= 11 is 1.41. The number of rotatable bonds is 7. The van der Waals surface area contributed by atoms with Crippen LogP contribution in [0.25, 0.3) is 0 Å². The van der Waals surface area contributed by atoms with Crippen molar-refractivity contribution >= 4 is 21.8 Å². The van der Waals surface area contributed by atoms with Gasteiger partial charge in [0.15, 0.2) is 0 Å². The Morgan fingerprint density at radius 2 is 1.85 bits per heavy atom. The van der Waals surface area contributed by atoms with Gasteiger partial charge in [-0.05, 0) is 30.5 Å². The molecule has 0 aliphatic heterocycles. The van der Waals surface area contributed by atoms with Crippen LogP contribution in [0.1, 0.15) is 43.8 Å². The molecule has 1 aliphatic rings. The highest BCUT2D eigenvalue weighted by atomic mass is 32.2. The van der Waals surface area contributed by atoms with Gasteiger partial charge in [0.05, 0.1) is 11.1 Å². The number of benzene rings is 1. The molecule has 0 saturated heterocycles. The Bertz CT molecular complexity index is 820. The van der Waals surface area contributed by atoms with Gasteiger partial charge < -0.3 is 5.11 Å². The van der Waals surface area contributed by atoms with Gasteiger partial charge in [0.25, 0.3) is 0 Å². The van der Waals surface area contributed by atoms with E-state index in [1.165, 1.54) is 28.7 Å². The van der Waals surface area contributed by atoms with Crippen molar-refractivity contribution in [1.29, 1.82) is 0 Å². The zero-order valence-electron chi connectivity index (χ0n) is 15.5. The summed E-state index contributed by atoms with van der Waals surface area (Å²) < 4.78 is 27.2. The molecule has 1 saturated carbocycles. The first-order valence-electron chi connectivity index (χ1n) is 9.28. The predicted octanol–water partition coefficient (Wildman–Crippen LogP) is 3.86. The largest absolute Gasteiger partial charge is 0.388 e. The molecule has 7 heteroatoms.